The topological polar surface area (TPSA) is 105 Å². The number of nitrogens with zero attached hydrogens (tertiary/aromatic N) is 2. The average molecular weight is 343 g/mol. The van der Waals surface area contributed by atoms with Crippen LogP contribution in [0.2, 0.25) is 0 Å². The summed E-state index contributed by atoms with van der Waals surface area (Å²) in [6, 6.07) is 7.13. The fourth-order valence-electron chi connectivity index (χ4n) is 2.00. The quantitative estimate of drug-likeness (QED) is 0.633. The lowest BCUT2D eigenvalue weighted by Gasteiger charge is -2.07. The molecular formula is C17H21N5O3. The maximum atomic E-state index is 11.9. The molecule has 2 rings (SSSR count). The minimum atomic E-state index is -0.220. The van der Waals surface area contributed by atoms with E-state index in [0.29, 0.717) is 30.4 Å². The van der Waals surface area contributed by atoms with Crippen LogP contribution in [-0.2, 0) is 9.53 Å². The second-order valence-electron chi connectivity index (χ2n) is 5.28. The predicted molar refractivity (Wildman–Crippen MR) is 94.9 cm³/mol. The molecule has 1 heterocycles. The summed E-state index contributed by atoms with van der Waals surface area (Å²) in [7, 11) is 1.62. The SMILES string of the molecule is COCCCNC(=O)c1cnc(Nc2ccc(NC(C)=O)cc2)nc1. The predicted octanol–water partition coefficient (Wildman–Crippen LogP) is 1.94. The number of carbonyl (C=O) groups excluding carboxylic acids is 2. The van der Waals surface area contributed by atoms with Crippen molar-refractivity contribution in [3.63, 3.8) is 0 Å². The van der Waals surface area contributed by atoms with Gasteiger partial charge >= 0.3 is 0 Å². The number of nitrogens with one attached hydrogen (secondary N) is 3. The monoisotopic (exact) mass is 343 g/mol. The van der Waals surface area contributed by atoms with Gasteiger partial charge in [-0.1, -0.05) is 0 Å². The molecule has 0 atom stereocenters. The lowest BCUT2D eigenvalue weighted by Crippen LogP contribution is -2.25. The summed E-state index contributed by atoms with van der Waals surface area (Å²) in [5.74, 6) is 0.0330. The smallest absolute Gasteiger partial charge is 0.254 e. The van der Waals surface area contributed by atoms with E-state index in [0.717, 1.165) is 12.1 Å². The first kappa shape index (κ1) is 18.3. The van der Waals surface area contributed by atoms with E-state index in [4.69, 9.17) is 4.74 Å². The first-order chi connectivity index (χ1) is 12.1. The Morgan fingerprint density at radius 2 is 1.72 bits per heavy atom. The molecule has 0 spiro atoms. The third kappa shape index (κ3) is 6.19. The van der Waals surface area contributed by atoms with E-state index in [-0.39, 0.29) is 11.8 Å². The van der Waals surface area contributed by atoms with Crippen LogP contribution >= 0.6 is 0 Å². The minimum absolute atomic E-state index is 0.125. The average Bonchev–Trinajstić information content (AvgIpc) is 2.60. The molecule has 2 amide bonds. The molecule has 0 unspecified atom stereocenters. The van der Waals surface area contributed by atoms with Crippen LogP contribution in [-0.4, -0.2) is 42.0 Å². The highest BCUT2D eigenvalue weighted by Crippen LogP contribution is 2.16. The van der Waals surface area contributed by atoms with Crippen molar-refractivity contribution >= 4 is 29.1 Å². The summed E-state index contributed by atoms with van der Waals surface area (Å²) in [6.07, 6.45) is 3.68. The summed E-state index contributed by atoms with van der Waals surface area (Å²) < 4.78 is 4.92. The highest BCUT2D eigenvalue weighted by molar-refractivity contribution is 5.93. The molecule has 3 N–H and O–H groups in total. The Bertz CT molecular complexity index is 701. The van der Waals surface area contributed by atoms with Gasteiger partial charge in [0, 0.05) is 51.0 Å². The van der Waals surface area contributed by atoms with E-state index >= 15 is 0 Å². The molecule has 25 heavy (non-hydrogen) atoms. The van der Waals surface area contributed by atoms with Gasteiger partial charge in [0.15, 0.2) is 0 Å². The molecule has 0 saturated carbocycles. The van der Waals surface area contributed by atoms with E-state index in [2.05, 4.69) is 25.9 Å². The van der Waals surface area contributed by atoms with Gasteiger partial charge in [0.1, 0.15) is 0 Å². The Kier molecular flexibility index (Phi) is 6.85. The van der Waals surface area contributed by atoms with Crippen LogP contribution in [0.3, 0.4) is 0 Å². The van der Waals surface area contributed by atoms with Gasteiger partial charge in [-0.2, -0.15) is 0 Å². The number of rotatable bonds is 8. The van der Waals surface area contributed by atoms with Crippen molar-refractivity contribution in [2.24, 2.45) is 0 Å². The lowest BCUT2D eigenvalue weighted by molar-refractivity contribution is -0.114. The molecule has 8 nitrogen and oxygen atoms in total. The second-order valence-corrected chi connectivity index (χ2v) is 5.28. The van der Waals surface area contributed by atoms with Gasteiger partial charge in [-0.25, -0.2) is 9.97 Å². The van der Waals surface area contributed by atoms with Gasteiger partial charge in [-0.3, -0.25) is 9.59 Å². The summed E-state index contributed by atoms with van der Waals surface area (Å²) in [6.45, 7) is 2.59. The van der Waals surface area contributed by atoms with Crippen LogP contribution in [0.15, 0.2) is 36.7 Å². The van der Waals surface area contributed by atoms with Crippen molar-refractivity contribution < 1.29 is 14.3 Å². The number of hydrogen-bond donors (Lipinski definition) is 3. The molecule has 0 fully saturated rings. The summed E-state index contributed by atoms with van der Waals surface area (Å²) in [5, 5.41) is 8.49. The molecule has 0 aliphatic heterocycles. The molecule has 1 aromatic carbocycles. The van der Waals surface area contributed by atoms with Crippen LogP contribution in [0.5, 0.6) is 0 Å². The van der Waals surface area contributed by atoms with Crippen molar-refractivity contribution in [1.82, 2.24) is 15.3 Å². The van der Waals surface area contributed by atoms with E-state index in [9.17, 15) is 9.59 Å². The third-order valence-corrected chi connectivity index (χ3v) is 3.19. The van der Waals surface area contributed by atoms with Crippen LogP contribution in [0.1, 0.15) is 23.7 Å². The number of amides is 2. The van der Waals surface area contributed by atoms with Crippen LogP contribution < -0.4 is 16.0 Å². The number of methoxy groups -OCH3 is 1. The summed E-state index contributed by atoms with van der Waals surface area (Å²) in [4.78, 5) is 31.2. The molecule has 0 aliphatic carbocycles. The zero-order valence-electron chi connectivity index (χ0n) is 14.2. The molecule has 0 radical (unpaired) electrons. The molecule has 8 heteroatoms. The number of carbonyl (C=O) groups is 2. The summed E-state index contributed by atoms with van der Waals surface area (Å²) >= 11 is 0. The molecule has 132 valence electrons. The Morgan fingerprint density at radius 3 is 2.32 bits per heavy atom. The van der Waals surface area contributed by atoms with Crippen LogP contribution in [0.4, 0.5) is 17.3 Å². The van der Waals surface area contributed by atoms with Gasteiger partial charge in [-0.05, 0) is 30.7 Å². The highest BCUT2D eigenvalue weighted by Gasteiger charge is 2.07. The number of anilines is 3. The Hall–Kier alpha value is -3.00. The molecule has 1 aromatic heterocycles. The van der Waals surface area contributed by atoms with Gasteiger partial charge in [-0.15, -0.1) is 0 Å². The molecule has 0 aliphatic rings. The zero-order valence-corrected chi connectivity index (χ0v) is 14.2. The number of hydrogen-bond acceptors (Lipinski definition) is 6. The zero-order chi connectivity index (χ0) is 18.1. The first-order valence-corrected chi connectivity index (χ1v) is 7.82. The van der Waals surface area contributed by atoms with Crippen molar-refractivity contribution in [2.75, 3.05) is 30.9 Å². The maximum Gasteiger partial charge on any atom is 0.254 e. The fourth-order valence-corrected chi connectivity index (χ4v) is 2.00. The van der Waals surface area contributed by atoms with Crippen molar-refractivity contribution in [2.45, 2.75) is 13.3 Å². The van der Waals surface area contributed by atoms with Crippen molar-refractivity contribution in [1.29, 1.82) is 0 Å². The molecule has 2 aromatic rings. The van der Waals surface area contributed by atoms with E-state index < -0.39 is 0 Å². The maximum absolute atomic E-state index is 11.9. The fraction of sp³-hybridized carbons (Fsp3) is 0.294. The Morgan fingerprint density at radius 1 is 1.08 bits per heavy atom. The lowest BCUT2D eigenvalue weighted by atomic mass is 10.3. The second kappa shape index (κ2) is 9.33. The number of aromatic nitrogens is 2. The van der Waals surface area contributed by atoms with Gasteiger partial charge in [0.2, 0.25) is 11.9 Å². The van der Waals surface area contributed by atoms with Crippen LogP contribution in [0.25, 0.3) is 0 Å². The van der Waals surface area contributed by atoms with Crippen LogP contribution in [0, 0.1) is 0 Å². The Labute approximate surface area is 146 Å². The van der Waals surface area contributed by atoms with Gasteiger partial charge in [0.25, 0.3) is 5.91 Å². The highest BCUT2D eigenvalue weighted by atomic mass is 16.5. The number of ether oxygens (including phenoxy) is 1. The van der Waals surface area contributed by atoms with Gasteiger partial charge < -0.3 is 20.7 Å². The first-order valence-electron chi connectivity index (χ1n) is 7.82. The minimum Gasteiger partial charge on any atom is -0.385 e. The normalized spacial score (nSPS) is 10.2. The van der Waals surface area contributed by atoms with E-state index in [1.54, 1.807) is 31.4 Å². The van der Waals surface area contributed by atoms with E-state index in [1.165, 1.54) is 19.3 Å². The molecular weight excluding hydrogens is 322 g/mol. The molecule has 0 saturated heterocycles. The van der Waals surface area contributed by atoms with Crippen molar-refractivity contribution in [3.05, 3.63) is 42.2 Å². The largest absolute Gasteiger partial charge is 0.385 e. The van der Waals surface area contributed by atoms with Crippen molar-refractivity contribution in [3.8, 4) is 0 Å². The number of benzene rings is 1. The van der Waals surface area contributed by atoms with Gasteiger partial charge in [0.05, 0.1) is 5.56 Å². The van der Waals surface area contributed by atoms with E-state index in [1.807, 2.05) is 0 Å². The summed E-state index contributed by atoms with van der Waals surface area (Å²) in [5.41, 5.74) is 1.87. The molecule has 0 bridgehead atoms. The Balaban J connectivity index is 1.89. The standard InChI is InChI=1S/C17H21N5O3/c1-12(23)21-14-4-6-15(7-5-14)22-17-19-10-13(11-20-17)16(24)18-8-3-9-25-2/h4-7,10-11H,3,8-9H2,1-2H3,(H,18,24)(H,21,23)(H,19,20,22). The third-order valence-electron chi connectivity index (χ3n) is 3.19.